The van der Waals surface area contributed by atoms with Gasteiger partial charge in [0.25, 0.3) is 0 Å². The first-order valence-corrected chi connectivity index (χ1v) is 16.0. The van der Waals surface area contributed by atoms with Gasteiger partial charge in [-0.15, -0.1) is 0 Å². The van der Waals surface area contributed by atoms with Crippen molar-refractivity contribution in [2.45, 2.75) is 22.1 Å². The van der Waals surface area contributed by atoms with Crippen LogP contribution in [0.4, 0.5) is 0 Å². The number of halogens is 4. The maximum absolute atomic E-state index is 15.2. The number of phenols is 4. The van der Waals surface area contributed by atoms with E-state index in [-0.39, 0.29) is 28.8 Å². The van der Waals surface area contributed by atoms with Crippen LogP contribution in [0.3, 0.4) is 0 Å². The van der Waals surface area contributed by atoms with E-state index in [4.69, 9.17) is 0 Å². The lowest BCUT2D eigenvalue weighted by atomic mass is 9.78. The van der Waals surface area contributed by atoms with Crippen molar-refractivity contribution in [2.75, 3.05) is 5.75 Å². The van der Waals surface area contributed by atoms with Crippen LogP contribution in [0.25, 0.3) is 0 Å². The summed E-state index contributed by atoms with van der Waals surface area (Å²) >= 11 is 13.7. The lowest BCUT2D eigenvalue weighted by Crippen LogP contribution is -2.36. The van der Waals surface area contributed by atoms with Gasteiger partial charge in [-0.05, 0) is 148 Å². The predicted octanol–water partition coefficient (Wildman–Crippen LogP) is 8.00. The molecular formula is C27H22Br4O5S. The fraction of sp³-hybridized carbons (Fsp3) is 0.111. The van der Waals surface area contributed by atoms with Crippen molar-refractivity contribution in [3.05, 3.63) is 102 Å². The Morgan fingerprint density at radius 1 is 0.622 bits per heavy atom. The molecule has 0 aliphatic heterocycles. The highest BCUT2D eigenvalue weighted by molar-refractivity contribution is 9.11. The average Bonchev–Trinajstić information content (AvgIpc) is 2.85. The van der Waals surface area contributed by atoms with Crippen molar-refractivity contribution in [3.63, 3.8) is 0 Å². The fourth-order valence-electron chi connectivity index (χ4n) is 4.28. The molecule has 4 aromatic carbocycles. The zero-order valence-corrected chi connectivity index (χ0v) is 26.5. The number of rotatable bonds is 6. The summed E-state index contributed by atoms with van der Waals surface area (Å²) in [6.07, 6.45) is 0. The molecule has 4 rings (SSSR count). The summed E-state index contributed by atoms with van der Waals surface area (Å²) in [5, 5.41) is 40.6. The minimum Gasteiger partial charge on any atom is -0.508 e. The Morgan fingerprint density at radius 2 is 0.919 bits per heavy atom. The highest BCUT2D eigenvalue weighted by atomic mass is 79.9. The van der Waals surface area contributed by atoms with E-state index in [0.717, 1.165) is 11.1 Å². The van der Waals surface area contributed by atoms with Crippen molar-refractivity contribution in [3.8, 4) is 23.0 Å². The summed E-state index contributed by atoms with van der Waals surface area (Å²) in [4.78, 5) is 1.08. The first kappa shape index (κ1) is 28.2. The van der Waals surface area contributed by atoms with Crippen LogP contribution in [-0.4, -0.2) is 30.4 Å². The zero-order chi connectivity index (χ0) is 27.1. The quantitative estimate of drug-likeness (QED) is 0.128. The standard InChI is InChI=1S/C27H22Br4O5S/c1-27(15-10-21(28)25(34)22(29)11-15,16-12-23(30)26(35)24(31)13-16)14-37(36,19-6-2-17(32)3-7-19)20-8-4-18(33)5-9-20/h2-13,32-35,37H,14H2,1H3. The maximum atomic E-state index is 15.2. The molecule has 0 aliphatic carbocycles. The van der Waals surface area contributed by atoms with Gasteiger partial charge >= 0.3 is 0 Å². The lowest BCUT2D eigenvalue weighted by molar-refractivity contribution is 0.466. The van der Waals surface area contributed by atoms with E-state index >= 15 is 4.21 Å². The highest BCUT2D eigenvalue weighted by Crippen LogP contribution is 2.47. The van der Waals surface area contributed by atoms with Crippen LogP contribution < -0.4 is 0 Å². The fourth-order valence-corrected chi connectivity index (χ4v) is 9.83. The van der Waals surface area contributed by atoms with Gasteiger partial charge in [0.1, 0.15) is 23.0 Å². The van der Waals surface area contributed by atoms with Gasteiger partial charge in [0.2, 0.25) is 0 Å². The second-order valence-electron chi connectivity index (χ2n) is 8.84. The summed E-state index contributed by atoms with van der Waals surface area (Å²) in [6.45, 7) is 1.96. The van der Waals surface area contributed by atoms with Crippen LogP contribution in [0.5, 0.6) is 23.0 Å². The molecule has 0 aromatic heterocycles. The summed E-state index contributed by atoms with van der Waals surface area (Å²) in [5.41, 5.74) is 0.598. The molecule has 5 nitrogen and oxygen atoms in total. The van der Waals surface area contributed by atoms with Gasteiger partial charge < -0.3 is 20.4 Å². The van der Waals surface area contributed by atoms with E-state index in [2.05, 4.69) is 63.7 Å². The normalized spacial score (nSPS) is 12.5. The summed E-state index contributed by atoms with van der Waals surface area (Å²) < 4.78 is 17.0. The third-order valence-electron chi connectivity index (χ3n) is 6.38. The van der Waals surface area contributed by atoms with Crippen molar-refractivity contribution in [2.24, 2.45) is 0 Å². The number of benzene rings is 4. The average molecular weight is 778 g/mol. The largest absolute Gasteiger partial charge is 0.508 e. The van der Waals surface area contributed by atoms with Crippen LogP contribution in [0.1, 0.15) is 18.1 Å². The molecule has 0 fully saturated rings. The third-order valence-corrected chi connectivity index (χ3v) is 12.1. The summed E-state index contributed by atoms with van der Waals surface area (Å²) in [6, 6.07) is 19.7. The smallest absolute Gasteiger partial charge is 0.143 e. The first-order valence-electron chi connectivity index (χ1n) is 10.9. The molecule has 194 valence electrons. The van der Waals surface area contributed by atoms with Crippen molar-refractivity contribution >= 4 is 73.7 Å². The number of hydrogen-bond acceptors (Lipinski definition) is 5. The molecule has 0 radical (unpaired) electrons. The minimum atomic E-state index is -3.41. The number of hydrogen-bond donors (Lipinski definition) is 5. The second-order valence-corrected chi connectivity index (χ2v) is 15.1. The Morgan fingerprint density at radius 3 is 1.22 bits per heavy atom. The molecule has 0 spiro atoms. The van der Waals surface area contributed by atoms with E-state index in [1.165, 1.54) is 24.3 Å². The molecule has 0 heterocycles. The van der Waals surface area contributed by atoms with Crippen LogP contribution in [0, 0.1) is 0 Å². The van der Waals surface area contributed by atoms with E-state index in [9.17, 15) is 20.4 Å². The molecule has 0 unspecified atom stereocenters. The predicted molar refractivity (Wildman–Crippen MR) is 161 cm³/mol. The van der Waals surface area contributed by atoms with E-state index in [0.29, 0.717) is 27.7 Å². The lowest BCUT2D eigenvalue weighted by Gasteiger charge is -2.38. The Kier molecular flexibility index (Phi) is 8.17. The van der Waals surface area contributed by atoms with Crippen molar-refractivity contribution in [1.29, 1.82) is 0 Å². The molecular weight excluding hydrogens is 756 g/mol. The molecule has 4 N–H and O–H groups in total. The van der Waals surface area contributed by atoms with Gasteiger partial charge in [-0.1, -0.05) is 16.9 Å². The van der Waals surface area contributed by atoms with Gasteiger partial charge in [0, 0.05) is 21.0 Å². The van der Waals surface area contributed by atoms with Gasteiger partial charge in [-0.3, -0.25) is 4.21 Å². The molecule has 0 saturated heterocycles. The first-order chi connectivity index (χ1) is 17.3. The molecule has 0 saturated carbocycles. The minimum absolute atomic E-state index is 0.0411. The summed E-state index contributed by atoms with van der Waals surface area (Å²) in [5.74, 6) is 0.310. The van der Waals surface area contributed by atoms with Gasteiger partial charge in [-0.2, -0.15) is 0 Å². The Bertz CT molecular complexity index is 1370. The molecule has 0 aliphatic rings. The molecule has 10 heteroatoms. The van der Waals surface area contributed by atoms with E-state index in [1.807, 2.05) is 6.92 Å². The highest BCUT2D eigenvalue weighted by Gasteiger charge is 2.38. The molecule has 0 bridgehead atoms. The van der Waals surface area contributed by atoms with Crippen molar-refractivity contribution in [1.82, 2.24) is 0 Å². The second kappa shape index (κ2) is 10.7. The van der Waals surface area contributed by atoms with Crippen LogP contribution in [-0.2, 0) is 15.3 Å². The van der Waals surface area contributed by atoms with Crippen LogP contribution in [0.2, 0.25) is 0 Å². The summed E-state index contributed by atoms with van der Waals surface area (Å²) in [7, 11) is -3.41. The van der Waals surface area contributed by atoms with Crippen LogP contribution >= 0.6 is 63.7 Å². The number of phenolic OH excluding ortho intramolecular Hbond substituents is 4. The van der Waals surface area contributed by atoms with Crippen LogP contribution in [0.15, 0.2) is 100 Å². The Labute approximate surface area is 249 Å². The Balaban J connectivity index is 2.03. The maximum Gasteiger partial charge on any atom is 0.143 e. The third kappa shape index (κ3) is 5.49. The van der Waals surface area contributed by atoms with Gasteiger partial charge in [0.05, 0.1) is 17.9 Å². The van der Waals surface area contributed by atoms with Gasteiger partial charge in [0.15, 0.2) is 0 Å². The van der Waals surface area contributed by atoms with E-state index < -0.39 is 15.3 Å². The van der Waals surface area contributed by atoms with Gasteiger partial charge in [-0.25, -0.2) is 0 Å². The topological polar surface area (TPSA) is 98.0 Å². The molecule has 0 atom stereocenters. The zero-order valence-electron chi connectivity index (χ0n) is 19.3. The molecule has 37 heavy (non-hydrogen) atoms. The molecule has 0 amide bonds. The van der Waals surface area contributed by atoms with E-state index in [1.54, 1.807) is 48.5 Å². The van der Waals surface area contributed by atoms with Crippen molar-refractivity contribution < 1.29 is 24.6 Å². The Hall–Kier alpha value is -1.85. The molecule has 4 aromatic rings. The number of aromatic hydroxyl groups is 4. The number of thiol groups is 1. The monoisotopic (exact) mass is 774 g/mol. The SMILES string of the molecule is CC(C[SH](=O)(c1ccc(O)cc1)c1ccc(O)cc1)(c1cc(Br)c(O)c(Br)c1)c1cc(Br)c(O)c(Br)c1.